The molecule has 2 aromatic carbocycles. The summed E-state index contributed by atoms with van der Waals surface area (Å²) in [5.74, 6) is -0.600. The summed E-state index contributed by atoms with van der Waals surface area (Å²) >= 11 is 1.49. The zero-order valence-corrected chi connectivity index (χ0v) is 13.7. The van der Waals surface area contributed by atoms with E-state index in [1.54, 1.807) is 19.1 Å². The Balaban J connectivity index is 1.57. The number of carbonyl (C=O) groups excluding carboxylic acids is 1. The van der Waals surface area contributed by atoms with Gasteiger partial charge in [-0.1, -0.05) is 35.6 Å². The van der Waals surface area contributed by atoms with Crippen molar-refractivity contribution >= 4 is 38.8 Å². The zero-order chi connectivity index (χ0) is 16.9. The standard InChI is InChI=1S/C17H15FN4OS/c1-11(20-17-21-14-4-2-3-5-15(14)24-17)16(23)22-19-10-12-6-8-13(18)9-7-12/h2-11H,1H3,(H,20,21)(H,22,23)/b19-10-/t11-/m0/s1. The van der Waals surface area contributed by atoms with Gasteiger partial charge in [0.1, 0.15) is 11.9 Å². The lowest BCUT2D eigenvalue weighted by Gasteiger charge is -2.10. The average Bonchev–Trinajstić information content (AvgIpc) is 2.98. The Bertz CT molecular complexity index is 843. The first-order valence-electron chi connectivity index (χ1n) is 7.32. The van der Waals surface area contributed by atoms with E-state index in [0.717, 1.165) is 10.2 Å². The number of hydrazone groups is 1. The molecule has 0 saturated carbocycles. The van der Waals surface area contributed by atoms with Crippen LogP contribution in [0, 0.1) is 5.82 Å². The molecule has 0 aliphatic carbocycles. The van der Waals surface area contributed by atoms with Crippen molar-refractivity contribution in [3.63, 3.8) is 0 Å². The van der Waals surface area contributed by atoms with Gasteiger partial charge in [-0.15, -0.1) is 0 Å². The van der Waals surface area contributed by atoms with Gasteiger partial charge >= 0.3 is 0 Å². The number of rotatable bonds is 5. The number of hydrogen-bond acceptors (Lipinski definition) is 5. The van der Waals surface area contributed by atoms with Crippen LogP contribution in [0.5, 0.6) is 0 Å². The molecule has 1 heterocycles. The van der Waals surface area contributed by atoms with Gasteiger partial charge in [-0.3, -0.25) is 4.79 Å². The topological polar surface area (TPSA) is 66.4 Å². The van der Waals surface area contributed by atoms with E-state index in [9.17, 15) is 9.18 Å². The van der Waals surface area contributed by atoms with Gasteiger partial charge in [0, 0.05) is 0 Å². The summed E-state index contributed by atoms with van der Waals surface area (Å²) in [6, 6.07) is 13.1. The van der Waals surface area contributed by atoms with E-state index in [4.69, 9.17) is 0 Å². The molecule has 1 atom stereocenters. The molecule has 3 aromatic rings. The number of para-hydroxylation sites is 1. The van der Waals surface area contributed by atoms with E-state index >= 15 is 0 Å². The fourth-order valence-corrected chi connectivity index (χ4v) is 2.95. The predicted octanol–water partition coefficient (Wildman–Crippen LogP) is 3.39. The van der Waals surface area contributed by atoms with Crippen molar-refractivity contribution in [3.05, 3.63) is 59.9 Å². The van der Waals surface area contributed by atoms with Crippen LogP contribution in [0.15, 0.2) is 53.6 Å². The molecule has 0 aliphatic heterocycles. The predicted molar refractivity (Wildman–Crippen MR) is 94.8 cm³/mol. The molecule has 2 N–H and O–H groups in total. The normalized spacial score (nSPS) is 12.4. The van der Waals surface area contributed by atoms with Crippen LogP contribution in [-0.4, -0.2) is 23.1 Å². The maximum atomic E-state index is 12.8. The Kier molecular flexibility index (Phi) is 4.81. The van der Waals surface area contributed by atoms with Crippen molar-refractivity contribution in [2.24, 2.45) is 5.10 Å². The molecular weight excluding hydrogens is 327 g/mol. The average molecular weight is 342 g/mol. The van der Waals surface area contributed by atoms with E-state index in [-0.39, 0.29) is 11.7 Å². The van der Waals surface area contributed by atoms with Gasteiger partial charge in [0.25, 0.3) is 5.91 Å². The molecule has 0 fully saturated rings. The lowest BCUT2D eigenvalue weighted by Crippen LogP contribution is -2.34. The Morgan fingerprint density at radius 2 is 2.00 bits per heavy atom. The van der Waals surface area contributed by atoms with Crippen LogP contribution in [0.1, 0.15) is 12.5 Å². The number of fused-ring (bicyclic) bond motifs is 1. The summed E-state index contributed by atoms with van der Waals surface area (Å²) in [6.45, 7) is 1.73. The molecule has 0 bridgehead atoms. The number of halogens is 1. The smallest absolute Gasteiger partial charge is 0.262 e. The number of nitrogens with one attached hydrogen (secondary N) is 2. The summed E-state index contributed by atoms with van der Waals surface area (Å²) in [5, 5.41) is 7.61. The molecule has 24 heavy (non-hydrogen) atoms. The molecule has 0 spiro atoms. The van der Waals surface area contributed by atoms with Crippen LogP contribution in [0.2, 0.25) is 0 Å². The Hall–Kier alpha value is -2.80. The lowest BCUT2D eigenvalue weighted by molar-refractivity contribution is -0.121. The van der Waals surface area contributed by atoms with E-state index in [2.05, 4.69) is 20.8 Å². The monoisotopic (exact) mass is 342 g/mol. The van der Waals surface area contributed by atoms with Crippen LogP contribution in [-0.2, 0) is 4.79 Å². The third-order valence-electron chi connectivity index (χ3n) is 3.29. The number of benzene rings is 2. The zero-order valence-electron chi connectivity index (χ0n) is 12.9. The van der Waals surface area contributed by atoms with Gasteiger partial charge < -0.3 is 5.32 Å². The van der Waals surface area contributed by atoms with Gasteiger partial charge in [0.15, 0.2) is 5.13 Å². The number of thiazole rings is 1. The number of hydrogen-bond donors (Lipinski definition) is 2. The van der Waals surface area contributed by atoms with E-state index in [1.807, 2.05) is 24.3 Å². The molecule has 0 radical (unpaired) electrons. The van der Waals surface area contributed by atoms with Crippen LogP contribution < -0.4 is 10.7 Å². The maximum Gasteiger partial charge on any atom is 0.262 e. The fourth-order valence-electron chi connectivity index (χ4n) is 2.00. The highest BCUT2D eigenvalue weighted by molar-refractivity contribution is 7.22. The van der Waals surface area contributed by atoms with Crippen LogP contribution in [0.4, 0.5) is 9.52 Å². The number of amides is 1. The summed E-state index contributed by atoms with van der Waals surface area (Å²) in [5.41, 5.74) is 4.04. The molecule has 1 aromatic heterocycles. The Morgan fingerprint density at radius 3 is 2.75 bits per heavy atom. The highest BCUT2D eigenvalue weighted by atomic mass is 32.1. The molecule has 0 saturated heterocycles. The quantitative estimate of drug-likeness (QED) is 0.552. The highest BCUT2D eigenvalue weighted by Crippen LogP contribution is 2.25. The number of nitrogens with zero attached hydrogens (tertiary/aromatic N) is 2. The van der Waals surface area contributed by atoms with Crippen LogP contribution in [0.3, 0.4) is 0 Å². The second-order valence-electron chi connectivity index (χ2n) is 5.14. The lowest BCUT2D eigenvalue weighted by atomic mass is 10.2. The van der Waals surface area contributed by atoms with Crippen molar-refractivity contribution in [1.82, 2.24) is 10.4 Å². The summed E-state index contributed by atoms with van der Waals surface area (Å²) in [4.78, 5) is 16.5. The largest absolute Gasteiger partial charge is 0.350 e. The molecule has 0 aliphatic rings. The Morgan fingerprint density at radius 1 is 1.25 bits per heavy atom. The van der Waals surface area contributed by atoms with E-state index in [0.29, 0.717) is 10.7 Å². The van der Waals surface area contributed by atoms with Crippen LogP contribution in [0.25, 0.3) is 10.2 Å². The van der Waals surface area contributed by atoms with Crippen molar-refractivity contribution in [3.8, 4) is 0 Å². The van der Waals surface area contributed by atoms with E-state index < -0.39 is 6.04 Å². The van der Waals surface area contributed by atoms with Crippen molar-refractivity contribution in [2.45, 2.75) is 13.0 Å². The second-order valence-corrected chi connectivity index (χ2v) is 6.17. The molecule has 0 unspecified atom stereocenters. The third-order valence-corrected chi connectivity index (χ3v) is 4.25. The summed E-state index contributed by atoms with van der Waals surface area (Å²) in [7, 11) is 0. The van der Waals surface area contributed by atoms with Crippen molar-refractivity contribution in [2.75, 3.05) is 5.32 Å². The minimum absolute atomic E-state index is 0.285. The molecule has 1 amide bonds. The Labute approximate surface area is 142 Å². The molecular formula is C17H15FN4OS. The maximum absolute atomic E-state index is 12.8. The van der Waals surface area contributed by atoms with E-state index in [1.165, 1.54) is 29.7 Å². The second kappa shape index (κ2) is 7.18. The van der Waals surface area contributed by atoms with Crippen LogP contribution >= 0.6 is 11.3 Å². The van der Waals surface area contributed by atoms with Crippen molar-refractivity contribution < 1.29 is 9.18 Å². The minimum Gasteiger partial charge on any atom is -0.350 e. The number of carbonyl (C=O) groups is 1. The first-order valence-corrected chi connectivity index (χ1v) is 8.14. The van der Waals surface area contributed by atoms with Gasteiger partial charge in [0.2, 0.25) is 0 Å². The highest BCUT2D eigenvalue weighted by Gasteiger charge is 2.14. The third kappa shape index (κ3) is 3.94. The van der Waals surface area contributed by atoms with Gasteiger partial charge in [-0.25, -0.2) is 14.8 Å². The molecule has 122 valence electrons. The SMILES string of the molecule is C[C@H](Nc1nc2ccccc2s1)C(=O)N/N=C\c1ccc(F)cc1. The van der Waals surface area contributed by atoms with Crippen molar-refractivity contribution in [1.29, 1.82) is 0 Å². The summed E-state index contributed by atoms with van der Waals surface area (Å²) < 4.78 is 13.9. The molecule has 3 rings (SSSR count). The van der Waals surface area contributed by atoms with Gasteiger partial charge in [0.05, 0.1) is 16.4 Å². The molecule has 7 heteroatoms. The van der Waals surface area contributed by atoms with Gasteiger partial charge in [-0.2, -0.15) is 5.10 Å². The first-order chi connectivity index (χ1) is 11.6. The number of aromatic nitrogens is 1. The fraction of sp³-hybridized carbons (Fsp3) is 0.118. The number of anilines is 1. The van der Waals surface area contributed by atoms with Gasteiger partial charge in [-0.05, 0) is 36.8 Å². The minimum atomic E-state index is -0.490. The first kappa shape index (κ1) is 16.1. The molecule has 5 nitrogen and oxygen atoms in total. The summed E-state index contributed by atoms with van der Waals surface area (Å²) in [6.07, 6.45) is 1.46.